The van der Waals surface area contributed by atoms with Crippen LogP contribution in [0.25, 0.3) is 0 Å². The second-order valence-corrected chi connectivity index (χ2v) is 6.31. The third kappa shape index (κ3) is 3.60. The van der Waals surface area contributed by atoms with E-state index in [2.05, 4.69) is 10.1 Å². The average molecular weight is 394 g/mol. The molecule has 1 aliphatic rings. The summed E-state index contributed by atoms with van der Waals surface area (Å²) >= 11 is 0. The zero-order valence-corrected chi connectivity index (χ0v) is 15.0. The number of nitrogens with one attached hydrogen (secondary N) is 1. The van der Waals surface area contributed by atoms with Crippen molar-refractivity contribution in [2.75, 3.05) is 7.11 Å². The van der Waals surface area contributed by atoms with Gasteiger partial charge in [0.05, 0.1) is 13.7 Å². The highest BCUT2D eigenvalue weighted by Gasteiger charge is 2.49. The maximum Gasteiger partial charge on any atom is 0.387 e. The van der Waals surface area contributed by atoms with Crippen molar-refractivity contribution in [2.24, 2.45) is 0 Å². The highest BCUT2D eigenvalue weighted by molar-refractivity contribution is 6.07. The van der Waals surface area contributed by atoms with Gasteiger partial charge in [0.2, 0.25) is 0 Å². The molecule has 1 N–H and O–H groups in total. The molecule has 0 aromatic heterocycles. The molecule has 2 aromatic rings. The van der Waals surface area contributed by atoms with Gasteiger partial charge in [-0.3, -0.25) is 9.69 Å². The second-order valence-electron chi connectivity index (χ2n) is 6.31. The van der Waals surface area contributed by atoms with Crippen LogP contribution in [0.15, 0.2) is 42.5 Å². The Labute approximate surface area is 158 Å². The predicted octanol–water partition coefficient (Wildman–Crippen LogP) is 3.40. The number of amides is 3. The van der Waals surface area contributed by atoms with Gasteiger partial charge in [0, 0.05) is 5.56 Å². The van der Waals surface area contributed by atoms with E-state index in [0.717, 1.165) is 4.90 Å². The molecule has 148 valence electrons. The van der Waals surface area contributed by atoms with E-state index >= 15 is 0 Å². The molecule has 28 heavy (non-hydrogen) atoms. The number of benzene rings is 2. The number of imide groups is 1. The lowest BCUT2D eigenvalue weighted by Crippen LogP contribution is -2.40. The molecule has 0 aliphatic carbocycles. The molecule has 0 spiro atoms. The Balaban J connectivity index is 1.85. The molecule has 1 atom stereocenters. The molecule has 1 heterocycles. The minimum atomic E-state index is -2.97. The van der Waals surface area contributed by atoms with Gasteiger partial charge in [0.15, 0.2) is 0 Å². The number of halogens is 3. The van der Waals surface area contributed by atoms with E-state index in [1.165, 1.54) is 56.5 Å². The second kappa shape index (κ2) is 7.41. The zero-order valence-electron chi connectivity index (χ0n) is 15.0. The van der Waals surface area contributed by atoms with Crippen molar-refractivity contribution in [1.82, 2.24) is 10.2 Å². The molecule has 1 aliphatic heterocycles. The molecule has 1 fully saturated rings. The van der Waals surface area contributed by atoms with E-state index in [9.17, 15) is 22.8 Å². The minimum absolute atomic E-state index is 0.0690. The maximum atomic E-state index is 13.6. The summed E-state index contributed by atoms with van der Waals surface area (Å²) in [6.45, 7) is -1.65. The van der Waals surface area contributed by atoms with Crippen LogP contribution in [-0.2, 0) is 16.9 Å². The standard InChI is InChI=1S/C19H17F3N2O4/c1-19(12-3-6-14(7-4-12)28-17(21)22)16(25)24(18(26)23-19)10-11-9-13(20)5-8-15(11)27-2/h3-9,17H,10H2,1-2H3,(H,23,26)/t19-/m0/s1. The van der Waals surface area contributed by atoms with Crippen LogP contribution < -0.4 is 14.8 Å². The lowest BCUT2D eigenvalue weighted by atomic mass is 9.92. The maximum absolute atomic E-state index is 13.6. The normalized spacial score (nSPS) is 19.1. The van der Waals surface area contributed by atoms with Crippen LogP contribution in [-0.4, -0.2) is 30.6 Å². The van der Waals surface area contributed by atoms with E-state index < -0.39 is 29.9 Å². The van der Waals surface area contributed by atoms with Gasteiger partial charge < -0.3 is 14.8 Å². The van der Waals surface area contributed by atoms with Crippen molar-refractivity contribution < 1.29 is 32.2 Å². The van der Waals surface area contributed by atoms with Crippen LogP contribution in [0.2, 0.25) is 0 Å². The van der Waals surface area contributed by atoms with Crippen LogP contribution in [0.3, 0.4) is 0 Å². The average Bonchev–Trinajstić information content (AvgIpc) is 2.86. The van der Waals surface area contributed by atoms with Gasteiger partial charge in [-0.1, -0.05) is 12.1 Å². The first-order valence-electron chi connectivity index (χ1n) is 8.26. The molecule has 2 aromatic carbocycles. The number of carbonyl (C=O) groups excluding carboxylic acids is 2. The van der Waals surface area contributed by atoms with Gasteiger partial charge in [-0.15, -0.1) is 0 Å². The number of carbonyl (C=O) groups is 2. The van der Waals surface area contributed by atoms with E-state index in [0.29, 0.717) is 16.9 Å². The third-order valence-electron chi connectivity index (χ3n) is 4.50. The summed E-state index contributed by atoms with van der Waals surface area (Å²) in [7, 11) is 1.40. The first kappa shape index (κ1) is 19.5. The monoisotopic (exact) mass is 394 g/mol. The minimum Gasteiger partial charge on any atom is -0.496 e. The van der Waals surface area contributed by atoms with Gasteiger partial charge in [0.25, 0.3) is 5.91 Å². The number of hydrogen-bond donors (Lipinski definition) is 1. The Hall–Kier alpha value is -3.23. The lowest BCUT2D eigenvalue weighted by molar-refractivity contribution is -0.131. The summed E-state index contributed by atoms with van der Waals surface area (Å²) in [6, 6.07) is 8.54. The molecule has 3 rings (SSSR count). The predicted molar refractivity (Wildman–Crippen MR) is 92.5 cm³/mol. The van der Waals surface area contributed by atoms with Crippen molar-refractivity contribution >= 4 is 11.9 Å². The van der Waals surface area contributed by atoms with Gasteiger partial charge in [0.1, 0.15) is 22.9 Å². The van der Waals surface area contributed by atoms with Crippen LogP contribution in [0.4, 0.5) is 18.0 Å². The number of hydrogen-bond acceptors (Lipinski definition) is 4. The highest BCUT2D eigenvalue weighted by Crippen LogP contribution is 2.32. The summed E-state index contributed by atoms with van der Waals surface area (Å²) in [5, 5.41) is 2.59. The SMILES string of the molecule is COc1ccc(F)cc1CN1C(=O)N[C@@](C)(c2ccc(OC(F)F)cc2)C1=O. The van der Waals surface area contributed by atoms with Crippen LogP contribution in [0.1, 0.15) is 18.1 Å². The number of alkyl halides is 2. The largest absolute Gasteiger partial charge is 0.496 e. The van der Waals surface area contributed by atoms with E-state index in [4.69, 9.17) is 4.74 Å². The molecular formula is C19H17F3N2O4. The van der Waals surface area contributed by atoms with Crippen molar-refractivity contribution in [3.63, 3.8) is 0 Å². The van der Waals surface area contributed by atoms with E-state index in [1.54, 1.807) is 0 Å². The van der Waals surface area contributed by atoms with E-state index in [1.807, 2.05) is 0 Å². The molecule has 9 heteroatoms. The van der Waals surface area contributed by atoms with Crippen LogP contribution >= 0.6 is 0 Å². The van der Waals surface area contributed by atoms with Crippen LogP contribution in [0.5, 0.6) is 11.5 Å². The van der Waals surface area contributed by atoms with Crippen molar-refractivity contribution in [1.29, 1.82) is 0 Å². The fourth-order valence-electron chi connectivity index (χ4n) is 3.05. The van der Waals surface area contributed by atoms with Gasteiger partial charge in [-0.25, -0.2) is 9.18 Å². The first-order valence-corrected chi connectivity index (χ1v) is 8.26. The Morgan fingerprint density at radius 2 is 1.82 bits per heavy atom. The van der Waals surface area contributed by atoms with Crippen molar-refractivity contribution in [3.8, 4) is 11.5 Å². The highest BCUT2D eigenvalue weighted by atomic mass is 19.3. The smallest absolute Gasteiger partial charge is 0.387 e. The zero-order chi connectivity index (χ0) is 20.5. The quantitative estimate of drug-likeness (QED) is 0.763. The number of nitrogens with zero attached hydrogens (tertiary/aromatic N) is 1. The fraction of sp³-hybridized carbons (Fsp3) is 0.263. The summed E-state index contributed by atoms with van der Waals surface area (Å²) in [5.74, 6) is -0.823. The van der Waals surface area contributed by atoms with Gasteiger partial charge in [-0.2, -0.15) is 8.78 Å². The summed E-state index contributed by atoms with van der Waals surface area (Å²) in [6.07, 6.45) is 0. The molecule has 0 saturated carbocycles. The molecular weight excluding hydrogens is 377 g/mol. The molecule has 0 bridgehead atoms. The number of rotatable bonds is 6. The number of ether oxygens (including phenoxy) is 2. The molecule has 3 amide bonds. The lowest BCUT2D eigenvalue weighted by Gasteiger charge is -2.22. The first-order chi connectivity index (χ1) is 13.2. The van der Waals surface area contributed by atoms with Crippen LogP contribution in [0, 0.1) is 5.82 Å². The van der Waals surface area contributed by atoms with Crippen molar-refractivity contribution in [2.45, 2.75) is 25.6 Å². The molecule has 1 saturated heterocycles. The van der Waals surface area contributed by atoms with E-state index in [-0.39, 0.29) is 12.3 Å². The Morgan fingerprint density at radius 1 is 1.14 bits per heavy atom. The summed E-state index contributed by atoms with van der Waals surface area (Å²) in [4.78, 5) is 26.3. The third-order valence-corrected chi connectivity index (χ3v) is 4.50. The number of methoxy groups -OCH3 is 1. The number of urea groups is 1. The van der Waals surface area contributed by atoms with Gasteiger partial charge in [-0.05, 0) is 42.8 Å². The Bertz CT molecular complexity index is 905. The van der Waals surface area contributed by atoms with Crippen molar-refractivity contribution in [3.05, 3.63) is 59.4 Å². The molecule has 0 radical (unpaired) electrons. The topological polar surface area (TPSA) is 67.9 Å². The Morgan fingerprint density at radius 3 is 2.43 bits per heavy atom. The summed E-state index contributed by atoms with van der Waals surface area (Å²) in [5.41, 5.74) is -0.682. The fourth-order valence-corrected chi connectivity index (χ4v) is 3.05. The molecule has 0 unspecified atom stereocenters. The van der Waals surface area contributed by atoms with Gasteiger partial charge >= 0.3 is 12.6 Å². The summed E-state index contributed by atoms with van der Waals surface area (Å²) < 4.78 is 47.6. The Kier molecular flexibility index (Phi) is 5.17. The molecule has 6 nitrogen and oxygen atoms in total.